The lowest BCUT2D eigenvalue weighted by Gasteiger charge is -2.28. The van der Waals surface area contributed by atoms with Gasteiger partial charge in [-0.2, -0.15) is 4.98 Å². The molecule has 156 valence electrons. The average molecular weight is 413 g/mol. The summed E-state index contributed by atoms with van der Waals surface area (Å²) in [5, 5.41) is 30.8. The zero-order valence-corrected chi connectivity index (χ0v) is 15.8. The molecular formula is C19H19N5O6. The monoisotopic (exact) mass is 413 g/mol. The lowest BCUT2D eigenvalue weighted by atomic mass is 10.0. The van der Waals surface area contributed by atoms with Crippen molar-refractivity contribution in [1.29, 1.82) is 0 Å². The van der Waals surface area contributed by atoms with E-state index in [1.54, 1.807) is 31.4 Å². The molecule has 0 bridgehead atoms. The van der Waals surface area contributed by atoms with Gasteiger partial charge < -0.3 is 30.5 Å². The van der Waals surface area contributed by atoms with Crippen LogP contribution in [0.5, 0.6) is 5.75 Å². The van der Waals surface area contributed by atoms with E-state index in [4.69, 9.17) is 15.2 Å². The number of H-pyrrole nitrogens is 1. The Bertz CT molecular complexity index is 1190. The van der Waals surface area contributed by atoms with E-state index >= 15 is 0 Å². The zero-order chi connectivity index (χ0) is 21.5. The predicted octanol–water partition coefficient (Wildman–Crippen LogP) is -1.47. The summed E-state index contributed by atoms with van der Waals surface area (Å²) < 4.78 is 12.2. The maximum absolute atomic E-state index is 12.1. The number of hydrogen-bond donors (Lipinski definition) is 5. The summed E-state index contributed by atoms with van der Waals surface area (Å²) in [5.41, 5.74) is 3.72. The number of aromatic nitrogens is 4. The number of nitrogens with two attached hydrogens (primary N) is 1. The first-order chi connectivity index (χ1) is 14.4. The number of methoxy groups -OCH3 is 1. The van der Waals surface area contributed by atoms with Gasteiger partial charge in [0.25, 0.3) is 5.56 Å². The number of nitrogen functional groups attached to an aromatic ring is 1. The maximum atomic E-state index is 12.1. The first kappa shape index (κ1) is 19.9. The molecule has 1 saturated heterocycles. The molecule has 1 aliphatic heterocycles. The summed E-state index contributed by atoms with van der Waals surface area (Å²) in [4.78, 5) is 22.6. The highest BCUT2D eigenvalue weighted by Crippen LogP contribution is 2.37. The number of nitrogens with zero attached hydrogens (tertiary/aromatic N) is 3. The number of aromatic amines is 1. The van der Waals surface area contributed by atoms with Gasteiger partial charge in [-0.05, 0) is 30.2 Å². The number of nitrogens with one attached hydrogen (secondary N) is 1. The third kappa shape index (κ3) is 3.08. The van der Waals surface area contributed by atoms with Gasteiger partial charge in [-0.1, -0.05) is 5.92 Å². The van der Waals surface area contributed by atoms with Crippen LogP contribution in [0.2, 0.25) is 0 Å². The second-order valence-corrected chi connectivity index (χ2v) is 6.69. The van der Waals surface area contributed by atoms with E-state index in [9.17, 15) is 20.1 Å². The van der Waals surface area contributed by atoms with Crippen LogP contribution in [0, 0.1) is 11.8 Å². The number of aliphatic hydroxyl groups excluding tert-OH is 3. The molecule has 0 radical (unpaired) electrons. The van der Waals surface area contributed by atoms with Crippen LogP contribution in [-0.2, 0) is 10.5 Å². The number of anilines is 1. The van der Waals surface area contributed by atoms with Gasteiger partial charge in [0.2, 0.25) is 11.7 Å². The van der Waals surface area contributed by atoms with Crippen LogP contribution in [-0.4, -0.2) is 66.9 Å². The molecule has 11 nitrogen and oxygen atoms in total. The van der Waals surface area contributed by atoms with E-state index in [0.29, 0.717) is 11.3 Å². The Labute approximate surface area is 169 Å². The Hall–Kier alpha value is -3.43. The molecule has 6 N–H and O–H groups in total. The molecule has 0 spiro atoms. The third-order valence-corrected chi connectivity index (χ3v) is 4.88. The van der Waals surface area contributed by atoms with Crippen LogP contribution in [0.4, 0.5) is 5.95 Å². The summed E-state index contributed by atoms with van der Waals surface area (Å²) >= 11 is 0. The molecule has 0 amide bonds. The van der Waals surface area contributed by atoms with Crippen LogP contribution in [0.3, 0.4) is 0 Å². The highest BCUT2D eigenvalue weighted by atomic mass is 16.6. The Morgan fingerprint density at radius 3 is 2.73 bits per heavy atom. The number of imidazole rings is 1. The quantitative estimate of drug-likeness (QED) is 0.322. The lowest BCUT2D eigenvalue weighted by molar-refractivity contribution is -0.103. The molecule has 4 atom stereocenters. The van der Waals surface area contributed by atoms with E-state index in [1.165, 1.54) is 10.9 Å². The van der Waals surface area contributed by atoms with Gasteiger partial charge in [0.15, 0.2) is 11.2 Å². The highest BCUT2D eigenvalue weighted by Gasteiger charge is 2.55. The molecule has 1 aliphatic rings. The average Bonchev–Trinajstić information content (AvgIpc) is 3.28. The van der Waals surface area contributed by atoms with Gasteiger partial charge >= 0.3 is 0 Å². The molecule has 0 aliphatic carbocycles. The Morgan fingerprint density at radius 1 is 1.37 bits per heavy atom. The van der Waals surface area contributed by atoms with Crippen molar-refractivity contribution in [3.63, 3.8) is 0 Å². The Balaban J connectivity index is 1.90. The van der Waals surface area contributed by atoms with Gasteiger partial charge in [-0.15, -0.1) is 0 Å². The van der Waals surface area contributed by atoms with E-state index in [-0.39, 0.29) is 17.1 Å². The highest BCUT2D eigenvalue weighted by molar-refractivity contribution is 5.71. The molecule has 4 rings (SSSR count). The van der Waals surface area contributed by atoms with Crippen molar-refractivity contribution >= 4 is 17.1 Å². The third-order valence-electron chi connectivity index (χ3n) is 4.88. The number of fused-ring (bicyclic) bond motifs is 1. The first-order valence-electron chi connectivity index (χ1n) is 8.95. The fourth-order valence-electron chi connectivity index (χ4n) is 3.32. The standard InChI is InChI=1S/C19H19N5O6/c1-29-11-4-2-10(3-5-11)6-7-19(15(27)14(26)12(8-25)30-19)24-9-21-13-16(24)22-18(20)23-17(13)28/h2-5,9,12,14-15,25-27H,8H2,1H3,(H3,20,22,23,28)/t12-,14-,15-,19-/m1/s1. The zero-order valence-electron chi connectivity index (χ0n) is 15.8. The molecule has 0 unspecified atom stereocenters. The predicted molar refractivity (Wildman–Crippen MR) is 104 cm³/mol. The summed E-state index contributed by atoms with van der Waals surface area (Å²) in [6, 6.07) is 6.83. The molecule has 3 heterocycles. The van der Waals surface area contributed by atoms with Crippen molar-refractivity contribution < 1.29 is 24.8 Å². The topological polar surface area (TPSA) is 169 Å². The summed E-state index contributed by atoms with van der Waals surface area (Å²) in [6.45, 7) is -0.563. The minimum absolute atomic E-state index is 0.00474. The number of benzene rings is 1. The minimum atomic E-state index is -1.88. The van der Waals surface area contributed by atoms with E-state index in [0.717, 1.165) is 0 Å². The minimum Gasteiger partial charge on any atom is -0.497 e. The largest absolute Gasteiger partial charge is 0.497 e. The molecule has 0 saturated carbocycles. The second-order valence-electron chi connectivity index (χ2n) is 6.69. The van der Waals surface area contributed by atoms with Crippen molar-refractivity contribution in [2.75, 3.05) is 19.5 Å². The number of rotatable bonds is 3. The molecule has 1 aromatic carbocycles. The summed E-state index contributed by atoms with van der Waals surface area (Å²) in [5.74, 6) is 6.18. The van der Waals surface area contributed by atoms with Gasteiger partial charge in [0, 0.05) is 5.56 Å². The van der Waals surface area contributed by atoms with Crippen molar-refractivity contribution in [3.8, 4) is 17.6 Å². The molecular weight excluding hydrogens is 394 g/mol. The van der Waals surface area contributed by atoms with Gasteiger partial charge in [0.05, 0.1) is 13.7 Å². The lowest BCUT2D eigenvalue weighted by Crippen LogP contribution is -2.44. The van der Waals surface area contributed by atoms with Crippen molar-refractivity contribution in [3.05, 3.63) is 46.5 Å². The van der Waals surface area contributed by atoms with Gasteiger partial charge in [-0.3, -0.25) is 14.3 Å². The maximum Gasteiger partial charge on any atom is 0.280 e. The Morgan fingerprint density at radius 2 is 2.10 bits per heavy atom. The van der Waals surface area contributed by atoms with E-state index in [1.807, 2.05) is 0 Å². The first-order valence-corrected chi connectivity index (χ1v) is 8.95. The van der Waals surface area contributed by atoms with Gasteiger partial charge in [-0.25, -0.2) is 4.98 Å². The molecule has 3 aromatic rings. The summed E-state index contributed by atoms with van der Waals surface area (Å²) in [6.07, 6.45) is -2.94. The van der Waals surface area contributed by atoms with Crippen molar-refractivity contribution in [2.45, 2.75) is 24.0 Å². The van der Waals surface area contributed by atoms with Crippen LogP contribution >= 0.6 is 0 Å². The second kappa shape index (κ2) is 7.43. The SMILES string of the molecule is COc1ccc(C#C[C@@]2(n3cnc4c(=O)[nH]c(N)nc43)O[C@H](CO)[C@@H](O)[C@H]2O)cc1. The number of hydrogen-bond acceptors (Lipinski definition) is 9. The van der Waals surface area contributed by atoms with Crippen molar-refractivity contribution in [2.24, 2.45) is 0 Å². The number of ether oxygens (including phenoxy) is 2. The molecule has 2 aromatic heterocycles. The van der Waals surface area contributed by atoms with Crippen LogP contribution < -0.4 is 16.0 Å². The summed E-state index contributed by atoms with van der Waals surface area (Å²) in [7, 11) is 1.54. The van der Waals surface area contributed by atoms with Crippen LogP contribution in [0.15, 0.2) is 35.4 Å². The smallest absolute Gasteiger partial charge is 0.280 e. The Kier molecular flexibility index (Phi) is 4.92. The molecule has 11 heteroatoms. The fourth-order valence-corrected chi connectivity index (χ4v) is 3.32. The van der Waals surface area contributed by atoms with Crippen LogP contribution in [0.25, 0.3) is 11.2 Å². The van der Waals surface area contributed by atoms with Crippen LogP contribution in [0.1, 0.15) is 5.56 Å². The number of aliphatic hydroxyl groups is 3. The van der Waals surface area contributed by atoms with Gasteiger partial charge in [0.1, 0.15) is 30.4 Å². The van der Waals surface area contributed by atoms with E-state index < -0.39 is 36.2 Å². The van der Waals surface area contributed by atoms with Crippen molar-refractivity contribution in [1.82, 2.24) is 19.5 Å². The normalized spacial score (nSPS) is 25.8. The molecule has 1 fully saturated rings. The molecule has 30 heavy (non-hydrogen) atoms. The van der Waals surface area contributed by atoms with E-state index in [2.05, 4.69) is 26.8 Å². The fraction of sp³-hybridized carbons (Fsp3) is 0.316.